The number of fused-ring (bicyclic) bond motifs is 1. The van der Waals surface area contributed by atoms with E-state index in [9.17, 15) is 24.9 Å². The monoisotopic (exact) mass is 383 g/mol. The SMILES string of the molecule is CC(C)(C)OC(=O)Nc1nc2c(ncn2[C@@H]2O[C@H](CO)[C@@H](O)[C@H]2O)c(=O)[nH]1. The predicted molar refractivity (Wildman–Crippen MR) is 91.0 cm³/mol. The van der Waals surface area contributed by atoms with Crippen LogP contribution < -0.4 is 10.9 Å². The van der Waals surface area contributed by atoms with Gasteiger partial charge in [-0.1, -0.05) is 0 Å². The van der Waals surface area contributed by atoms with Crippen molar-refractivity contribution in [3.8, 4) is 0 Å². The van der Waals surface area contributed by atoms with Gasteiger partial charge >= 0.3 is 6.09 Å². The molecule has 0 saturated carbocycles. The summed E-state index contributed by atoms with van der Waals surface area (Å²) < 4.78 is 11.8. The summed E-state index contributed by atoms with van der Waals surface area (Å²) in [7, 11) is 0. The van der Waals surface area contributed by atoms with Crippen LogP contribution in [0.25, 0.3) is 11.2 Å². The lowest BCUT2D eigenvalue weighted by Crippen LogP contribution is -2.33. The molecule has 0 bridgehead atoms. The van der Waals surface area contributed by atoms with Crippen LogP contribution in [0.3, 0.4) is 0 Å². The molecular formula is C15H21N5O7. The number of ether oxygens (including phenoxy) is 2. The van der Waals surface area contributed by atoms with Crippen molar-refractivity contribution in [3.63, 3.8) is 0 Å². The van der Waals surface area contributed by atoms with Crippen LogP contribution in [-0.4, -0.2) is 71.5 Å². The maximum absolute atomic E-state index is 12.2. The van der Waals surface area contributed by atoms with E-state index in [1.54, 1.807) is 20.8 Å². The second-order valence-corrected chi connectivity index (χ2v) is 7.09. The van der Waals surface area contributed by atoms with E-state index in [2.05, 4.69) is 20.3 Å². The number of imidazole rings is 1. The molecule has 12 nitrogen and oxygen atoms in total. The highest BCUT2D eigenvalue weighted by atomic mass is 16.6. The van der Waals surface area contributed by atoms with E-state index in [0.29, 0.717) is 0 Å². The first-order valence-electron chi connectivity index (χ1n) is 8.20. The number of aromatic amines is 1. The molecule has 5 N–H and O–H groups in total. The summed E-state index contributed by atoms with van der Waals surface area (Å²) in [4.78, 5) is 34.5. The Morgan fingerprint density at radius 2 is 2.11 bits per heavy atom. The fourth-order valence-electron chi connectivity index (χ4n) is 2.68. The maximum atomic E-state index is 12.2. The van der Waals surface area contributed by atoms with E-state index in [4.69, 9.17) is 9.47 Å². The Kier molecular flexibility index (Phi) is 4.90. The number of hydrogen-bond acceptors (Lipinski definition) is 9. The van der Waals surface area contributed by atoms with Gasteiger partial charge in [-0.15, -0.1) is 0 Å². The molecule has 148 valence electrons. The van der Waals surface area contributed by atoms with Crippen LogP contribution in [-0.2, 0) is 9.47 Å². The average molecular weight is 383 g/mol. The third-order valence-electron chi connectivity index (χ3n) is 3.84. The van der Waals surface area contributed by atoms with Gasteiger partial charge < -0.3 is 24.8 Å². The van der Waals surface area contributed by atoms with E-state index in [-0.39, 0.29) is 17.1 Å². The Bertz CT molecular complexity index is 902. The van der Waals surface area contributed by atoms with Gasteiger partial charge in [-0.2, -0.15) is 4.98 Å². The topological polar surface area (TPSA) is 172 Å². The number of rotatable bonds is 3. The average Bonchev–Trinajstić information content (AvgIpc) is 3.08. The fourth-order valence-corrected chi connectivity index (χ4v) is 2.68. The van der Waals surface area contributed by atoms with E-state index < -0.39 is 48.4 Å². The molecule has 1 aliphatic heterocycles. The van der Waals surface area contributed by atoms with Gasteiger partial charge in [0.05, 0.1) is 12.9 Å². The maximum Gasteiger partial charge on any atom is 0.414 e. The smallest absolute Gasteiger partial charge is 0.414 e. The third kappa shape index (κ3) is 3.78. The molecule has 27 heavy (non-hydrogen) atoms. The zero-order valence-corrected chi connectivity index (χ0v) is 14.9. The number of aliphatic hydroxyl groups is 3. The molecule has 0 aromatic carbocycles. The van der Waals surface area contributed by atoms with Crippen molar-refractivity contribution >= 4 is 23.2 Å². The largest absolute Gasteiger partial charge is 0.444 e. The third-order valence-corrected chi connectivity index (χ3v) is 3.84. The lowest BCUT2D eigenvalue weighted by molar-refractivity contribution is -0.0511. The lowest BCUT2D eigenvalue weighted by Gasteiger charge is -2.19. The highest BCUT2D eigenvalue weighted by molar-refractivity contribution is 5.83. The van der Waals surface area contributed by atoms with Gasteiger partial charge in [0.15, 0.2) is 17.4 Å². The molecule has 12 heteroatoms. The summed E-state index contributed by atoms with van der Waals surface area (Å²) in [5.74, 6) is -0.185. The van der Waals surface area contributed by atoms with Crippen molar-refractivity contribution < 1.29 is 29.6 Å². The molecule has 1 saturated heterocycles. The lowest BCUT2D eigenvalue weighted by atomic mass is 10.1. The van der Waals surface area contributed by atoms with Crippen LogP contribution in [0.5, 0.6) is 0 Å². The normalized spacial score (nSPS) is 25.7. The number of aromatic nitrogens is 4. The summed E-state index contributed by atoms with van der Waals surface area (Å²) in [6.07, 6.45) is -4.41. The van der Waals surface area contributed by atoms with Crippen molar-refractivity contribution in [1.82, 2.24) is 19.5 Å². The molecule has 2 aromatic heterocycles. The molecule has 4 atom stereocenters. The number of carbonyl (C=O) groups excluding carboxylic acids is 1. The standard InChI is InChI=1S/C15H21N5O7/c1-15(2,3)27-14(25)19-13-17-10-7(11(24)18-13)16-5-20(10)12-9(23)8(22)6(4-21)26-12/h5-6,8-9,12,21-23H,4H2,1-3H3,(H2,17,18,19,24,25)/t6-,8-,9-,12-/m1/s1. The zero-order valence-electron chi connectivity index (χ0n) is 14.9. The minimum Gasteiger partial charge on any atom is -0.444 e. The number of H-pyrrole nitrogens is 1. The second-order valence-electron chi connectivity index (χ2n) is 7.09. The minimum absolute atomic E-state index is 0.0136. The van der Waals surface area contributed by atoms with Crippen molar-refractivity contribution in [2.24, 2.45) is 0 Å². The molecule has 1 fully saturated rings. The quantitative estimate of drug-likeness (QED) is 0.449. The molecule has 3 heterocycles. The number of carbonyl (C=O) groups is 1. The van der Waals surface area contributed by atoms with Crippen molar-refractivity contribution in [1.29, 1.82) is 0 Å². The van der Waals surface area contributed by atoms with Crippen molar-refractivity contribution in [3.05, 3.63) is 16.7 Å². The van der Waals surface area contributed by atoms with E-state index in [1.807, 2.05) is 0 Å². The first-order chi connectivity index (χ1) is 12.6. The molecule has 1 aliphatic rings. The van der Waals surface area contributed by atoms with Crippen LogP contribution in [0.2, 0.25) is 0 Å². The molecule has 0 aliphatic carbocycles. The van der Waals surface area contributed by atoms with Crippen LogP contribution in [0.1, 0.15) is 27.0 Å². The minimum atomic E-state index is -1.37. The molecule has 0 unspecified atom stereocenters. The number of nitrogens with zero attached hydrogens (tertiary/aromatic N) is 3. The first-order valence-corrected chi connectivity index (χ1v) is 8.20. The van der Waals surface area contributed by atoms with Crippen LogP contribution >= 0.6 is 0 Å². The fraction of sp³-hybridized carbons (Fsp3) is 0.600. The number of amides is 1. The van der Waals surface area contributed by atoms with Crippen LogP contribution in [0.15, 0.2) is 11.1 Å². The predicted octanol–water partition coefficient (Wildman–Crippen LogP) is -0.922. The van der Waals surface area contributed by atoms with Gasteiger partial charge in [0, 0.05) is 0 Å². The van der Waals surface area contributed by atoms with Crippen molar-refractivity contribution in [2.45, 2.75) is 50.9 Å². The summed E-state index contributed by atoms with van der Waals surface area (Å²) in [5, 5.41) is 31.6. The highest BCUT2D eigenvalue weighted by Gasteiger charge is 2.44. The number of aliphatic hydroxyl groups excluding tert-OH is 3. The zero-order chi connectivity index (χ0) is 19.9. The second kappa shape index (κ2) is 6.88. The number of hydrogen-bond donors (Lipinski definition) is 5. The molecular weight excluding hydrogens is 362 g/mol. The Labute approximate surface area is 152 Å². The number of nitrogens with one attached hydrogen (secondary N) is 2. The molecule has 2 aromatic rings. The summed E-state index contributed by atoms with van der Waals surface area (Å²) in [6.45, 7) is 4.55. The van der Waals surface area contributed by atoms with E-state index in [0.717, 1.165) is 0 Å². The van der Waals surface area contributed by atoms with Crippen LogP contribution in [0.4, 0.5) is 10.7 Å². The van der Waals surface area contributed by atoms with Crippen molar-refractivity contribution in [2.75, 3.05) is 11.9 Å². The summed E-state index contributed by atoms with van der Waals surface area (Å²) in [5.41, 5.74) is -1.41. The Morgan fingerprint density at radius 3 is 2.70 bits per heavy atom. The molecule has 0 spiro atoms. The van der Waals surface area contributed by atoms with E-state index in [1.165, 1.54) is 10.9 Å². The Morgan fingerprint density at radius 1 is 1.41 bits per heavy atom. The van der Waals surface area contributed by atoms with Gasteiger partial charge in [0.25, 0.3) is 5.56 Å². The molecule has 0 radical (unpaired) electrons. The van der Waals surface area contributed by atoms with Gasteiger partial charge in [-0.3, -0.25) is 19.7 Å². The Hall–Kier alpha value is -2.54. The molecule has 3 rings (SSSR count). The summed E-state index contributed by atoms with van der Waals surface area (Å²) in [6, 6.07) is 0. The van der Waals surface area contributed by atoms with Gasteiger partial charge in [-0.25, -0.2) is 9.78 Å². The highest BCUT2D eigenvalue weighted by Crippen LogP contribution is 2.30. The first kappa shape index (κ1) is 19.2. The van der Waals surface area contributed by atoms with Gasteiger partial charge in [-0.05, 0) is 20.8 Å². The summed E-state index contributed by atoms with van der Waals surface area (Å²) >= 11 is 0. The van der Waals surface area contributed by atoms with Gasteiger partial charge in [0.1, 0.15) is 23.9 Å². The molecule has 1 amide bonds. The number of anilines is 1. The van der Waals surface area contributed by atoms with Gasteiger partial charge in [0.2, 0.25) is 5.95 Å². The van der Waals surface area contributed by atoms with E-state index >= 15 is 0 Å². The van der Waals surface area contributed by atoms with Crippen LogP contribution in [0, 0.1) is 0 Å². The Balaban J connectivity index is 1.94.